The summed E-state index contributed by atoms with van der Waals surface area (Å²) < 4.78 is 0. The maximum atomic E-state index is 10.8. The second-order valence-corrected chi connectivity index (χ2v) is 4.51. The zero-order valence-corrected chi connectivity index (χ0v) is 9.37. The summed E-state index contributed by atoms with van der Waals surface area (Å²) in [7, 11) is 0. The minimum atomic E-state index is -0.0740. The zero-order chi connectivity index (χ0) is 10.8. The SMILES string of the molecule is Cc1ccc(C(C)(C)C(C)C=O)cc1. The van der Waals surface area contributed by atoms with Crippen LogP contribution in [0.4, 0.5) is 0 Å². The van der Waals surface area contributed by atoms with E-state index in [1.165, 1.54) is 11.1 Å². The molecular formula is C13H18O. The van der Waals surface area contributed by atoms with E-state index >= 15 is 0 Å². The minimum Gasteiger partial charge on any atom is -0.303 e. The highest BCUT2D eigenvalue weighted by atomic mass is 16.1. The van der Waals surface area contributed by atoms with Crippen LogP contribution < -0.4 is 0 Å². The van der Waals surface area contributed by atoms with E-state index in [-0.39, 0.29) is 11.3 Å². The molecule has 1 unspecified atom stereocenters. The van der Waals surface area contributed by atoms with Crippen molar-refractivity contribution in [3.63, 3.8) is 0 Å². The first kappa shape index (κ1) is 11.0. The molecule has 0 aliphatic heterocycles. The first-order chi connectivity index (χ1) is 6.48. The van der Waals surface area contributed by atoms with Crippen molar-refractivity contribution in [3.05, 3.63) is 35.4 Å². The Morgan fingerprint density at radius 2 is 1.71 bits per heavy atom. The van der Waals surface area contributed by atoms with Crippen molar-refractivity contribution in [3.8, 4) is 0 Å². The van der Waals surface area contributed by atoms with Gasteiger partial charge in [-0.2, -0.15) is 0 Å². The van der Waals surface area contributed by atoms with E-state index in [2.05, 4.69) is 45.0 Å². The van der Waals surface area contributed by atoms with Gasteiger partial charge in [0, 0.05) is 5.92 Å². The zero-order valence-electron chi connectivity index (χ0n) is 9.37. The van der Waals surface area contributed by atoms with E-state index < -0.39 is 0 Å². The molecular weight excluding hydrogens is 172 g/mol. The third-order valence-corrected chi connectivity index (χ3v) is 3.14. The van der Waals surface area contributed by atoms with Crippen LogP contribution in [0.2, 0.25) is 0 Å². The second-order valence-electron chi connectivity index (χ2n) is 4.51. The number of carbonyl (C=O) groups is 1. The molecule has 0 amide bonds. The molecule has 0 saturated heterocycles. The molecule has 0 spiro atoms. The third kappa shape index (κ3) is 2.03. The fourth-order valence-electron chi connectivity index (χ4n) is 1.42. The number of hydrogen-bond donors (Lipinski definition) is 0. The predicted octanol–water partition coefficient (Wildman–Crippen LogP) is 3.11. The lowest BCUT2D eigenvalue weighted by molar-refractivity contribution is -0.112. The molecule has 0 aliphatic carbocycles. The summed E-state index contributed by atoms with van der Waals surface area (Å²) >= 11 is 0. The van der Waals surface area contributed by atoms with Gasteiger partial charge in [-0.25, -0.2) is 0 Å². The van der Waals surface area contributed by atoms with Crippen molar-refractivity contribution in [2.24, 2.45) is 5.92 Å². The highest BCUT2D eigenvalue weighted by Gasteiger charge is 2.27. The summed E-state index contributed by atoms with van der Waals surface area (Å²) in [5, 5.41) is 0. The molecule has 0 aliphatic rings. The molecule has 0 N–H and O–H groups in total. The van der Waals surface area contributed by atoms with Gasteiger partial charge in [0.25, 0.3) is 0 Å². The first-order valence-electron chi connectivity index (χ1n) is 5.01. The van der Waals surface area contributed by atoms with Gasteiger partial charge in [-0.15, -0.1) is 0 Å². The van der Waals surface area contributed by atoms with E-state index in [4.69, 9.17) is 0 Å². The molecule has 1 aromatic carbocycles. The Labute approximate surface area is 86.1 Å². The molecule has 0 saturated carbocycles. The Hall–Kier alpha value is -1.11. The highest BCUT2D eigenvalue weighted by molar-refractivity contribution is 5.56. The van der Waals surface area contributed by atoms with Crippen LogP contribution in [0.1, 0.15) is 31.9 Å². The number of aldehydes is 1. The Kier molecular flexibility index (Phi) is 3.10. The van der Waals surface area contributed by atoms with Gasteiger partial charge in [-0.3, -0.25) is 0 Å². The minimum absolute atomic E-state index is 0.0465. The van der Waals surface area contributed by atoms with Gasteiger partial charge in [0.2, 0.25) is 0 Å². The summed E-state index contributed by atoms with van der Waals surface area (Å²) in [5.74, 6) is 0.0465. The van der Waals surface area contributed by atoms with Crippen molar-refractivity contribution in [1.29, 1.82) is 0 Å². The fraction of sp³-hybridized carbons (Fsp3) is 0.462. The fourth-order valence-corrected chi connectivity index (χ4v) is 1.42. The molecule has 1 rings (SSSR count). The van der Waals surface area contributed by atoms with Gasteiger partial charge in [0.15, 0.2) is 0 Å². The van der Waals surface area contributed by atoms with Crippen molar-refractivity contribution in [2.45, 2.75) is 33.1 Å². The highest BCUT2D eigenvalue weighted by Crippen LogP contribution is 2.30. The van der Waals surface area contributed by atoms with Crippen molar-refractivity contribution >= 4 is 6.29 Å². The first-order valence-corrected chi connectivity index (χ1v) is 5.01. The monoisotopic (exact) mass is 190 g/mol. The molecule has 0 fully saturated rings. The second kappa shape index (κ2) is 3.95. The van der Waals surface area contributed by atoms with Gasteiger partial charge >= 0.3 is 0 Å². The van der Waals surface area contributed by atoms with Gasteiger partial charge in [-0.1, -0.05) is 50.6 Å². The molecule has 1 atom stereocenters. The Bertz CT molecular complexity index is 309. The van der Waals surface area contributed by atoms with E-state index in [0.29, 0.717) is 0 Å². The lowest BCUT2D eigenvalue weighted by Crippen LogP contribution is -2.27. The molecule has 0 bridgehead atoms. The summed E-state index contributed by atoms with van der Waals surface area (Å²) in [5.41, 5.74) is 2.40. The van der Waals surface area contributed by atoms with Crippen molar-refractivity contribution < 1.29 is 4.79 Å². The number of carbonyl (C=O) groups excluding carboxylic acids is 1. The lowest BCUT2D eigenvalue weighted by Gasteiger charge is -2.28. The van der Waals surface area contributed by atoms with Gasteiger partial charge in [0.05, 0.1) is 0 Å². The van der Waals surface area contributed by atoms with Gasteiger partial charge in [-0.05, 0) is 17.9 Å². The predicted molar refractivity (Wildman–Crippen MR) is 59.4 cm³/mol. The summed E-state index contributed by atoms with van der Waals surface area (Å²) in [6, 6.07) is 8.40. The number of benzene rings is 1. The normalized spacial score (nSPS) is 13.7. The largest absolute Gasteiger partial charge is 0.303 e. The van der Waals surface area contributed by atoms with Crippen LogP contribution in [-0.2, 0) is 10.2 Å². The topological polar surface area (TPSA) is 17.1 Å². The maximum absolute atomic E-state index is 10.8. The van der Waals surface area contributed by atoms with Crippen LogP contribution >= 0.6 is 0 Å². The van der Waals surface area contributed by atoms with Crippen LogP contribution in [0.3, 0.4) is 0 Å². The molecule has 0 radical (unpaired) electrons. The Balaban J connectivity index is 3.03. The summed E-state index contributed by atoms with van der Waals surface area (Å²) in [4.78, 5) is 10.8. The molecule has 1 heteroatoms. The van der Waals surface area contributed by atoms with Crippen LogP contribution in [0, 0.1) is 12.8 Å². The van der Waals surface area contributed by atoms with Crippen LogP contribution in [0.15, 0.2) is 24.3 Å². The summed E-state index contributed by atoms with van der Waals surface area (Å²) in [6.07, 6.45) is 1.03. The van der Waals surface area contributed by atoms with Gasteiger partial charge in [0.1, 0.15) is 6.29 Å². The molecule has 14 heavy (non-hydrogen) atoms. The summed E-state index contributed by atoms with van der Waals surface area (Å²) in [6.45, 7) is 8.25. The number of hydrogen-bond acceptors (Lipinski definition) is 1. The number of aryl methyl sites for hydroxylation is 1. The average molecular weight is 190 g/mol. The third-order valence-electron chi connectivity index (χ3n) is 3.14. The van der Waals surface area contributed by atoms with E-state index in [1.807, 2.05) is 6.92 Å². The van der Waals surface area contributed by atoms with Crippen LogP contribution in [0.25, 0.3) is 0 Å². The Morgan fingerprint density at radius 3 is 2.14 bits per heavy atom. The number of rotatable bonds is 3. The molecule has 1 aromatic rings. The van der Waals surface area contributed by atoms with E-state index in [9.17, 15) is 4.79 Å². The maximum Gasteiger partial charge on any atom is 0.123 e. The standard InChI is InChI=1S/C13H18O/c1-10-5-7-12(8-6-10)13(3,4)11(2)9-14/h5-9,11H,1-4H3. The van der Waals surface area contributed by atoms with E-state index in [0.717, 1.165) is 6.29 Å². The quantitative estimate of drug-likeness (QED) is 0.669. The molecule has 76 valence electrons. The van der Waals surface area contributed by atoms with Crippen LogP contribution in [-0.4, -0.2) is 6.29 Å². The smallest absolute Gasteiger partial charge is 0.123 e. The van der Waals surface area contributed by atoms with E-state index in [1.54, 1.807) is 0 Å². The lowest BCUT2D eigenvalue weighted by atomic mass is 9.75. The molecule has 0 heterocycles. The van der Waals surface area contributed by atoms with Gasteiger partial charge < -0.3 is 4.79 Å². The molecule has 1 nitrogen and oxygen atoms in total. The average Bonchev–Trinajstić information content (AvgIpc) is 2.17. The van der Waals surface area contributed by atoms with Crippen molar-refractivity contribution in [1.82, 2.24) is 0 Å². The Morgan fingerprint density at radius 1 is 1.21 bits per heavy atom. The van der Waals surface area contributed by atoms with Crippen LogP contribution in [0.5, 0.6) is 0 Å². The van der Waals surface area contributed by atoms with Crippen molar-refractivity contribution in [2.75, 3.05) is 0 Å². The molecule has 0 aromatic heterocycles.